The van der Waals surface area contributed by atoms with Crippen molar-refractivity contribution in [2.75, 3.05) is 5.32 Å². The van der Waals surface area contributed by atoms with Crippen molar-refractivity contribution >= 4 is 11.6 Å². The second-order valence-corrected chi connectivity index (χ2v) is 3.88. The van der Waals surface area contributed by atoms with Gasteiger partial charge in [-0.25, -0.2) is 13.2 Å². The number of hydrogen-bond acceptors (Lipinski definition) is 3. The highest BCUT2D eigenvalue weighted by Crippen LogP contribution is 2.29. The topological polar surface area (TPSA) is 69.6 Å². The average molecular weight is 283 g/mol. The number of nitrogens with one attached hydrogen (secondary N) is 1. The Morgan fingerprint density at radius 1 is 1.05 bits per heavy atom. The zero-order valence-electron chi connectivity index (χ0n) is 9.82. The Hall–Kier alpha value is -2.70. The molecule has 2 rings (SSSR count). The molecule has 2 aromatic rings. The Bertz CT molecular complexity index is 666. The van der Waals surface area contributed by atoms with Crippen LogP contribution >= 0.6 is 0 Å². The monoisotopic (exact) mass is 283 g/mol. The van der Waals surface area contributed by atoms with Crippen LogP contribution in [0.3, 0.4) is 0 Å². The van der Waals surface area contributed by atoms with Crippen molar-refractivity contribution in [3.63, 3.8) is 0 Å². The van der Waals surface area contributed by atoms with Gasteiger partial charge in [-0.05, 0) is 12.1 Å². The molecule has 0 saturated carbocycles. The van der Waals surface area contributed by atoms with Crippen molar-refractivity contribution in [2.24, 2.45) is 0 Å². The van der Waals surface area contributed by atoms with Crippen LogP contribution in [0.25, 0.3) is 0 Å². The number of carbonyl (C=O) groups excluding carboxylic acids is 1. The standard InChI is InChI=1S/C13H8F3NO3/c14-8-4-6(5-9(15)11(8)16)17-13(20)7-2-1-3-10(18)12(7)19/h1-5,18-19H,(H,17,20). The molecule has 0 unspecified atom stereocenters. The van der Waals surface area contributed by atoms with E-state index in [1.165, 1.54) is 12.1 Å². The molecule has 7 heteroatoms. The number of hydrogen-bond donors (Lipinski definition) is 3. The molecule has 0 radical (unpaired) electrons. The van der Waals surface area contributed by atoms with E-state index in [1.54, 1.807) is 0 Å². The summed E-state index contributed by atoms with van der Waals surface area (Å²) in [6.45, 7) is 0. The average Bonchev–Trinajstić information content (AvgIpc) is 2.39. The van der Waals surface area contributed by atoms with Gasteiger partial charge in [0.25, 0.3) is 5.91 Å². The molecule has 4 nitrogen and oxygen atoms in total. The molecule has 0 aliphatic heterocycles. The third-order valence-corrected chi connectivity index (χ3v) is 2.50. The SMILES string of the molecule is O=C(Nc1cc(F)c(F)c(F)c1)c1cccc(O)c1O. The maximum atomic E-state index is 13.0. The van der Waals surface area contributed by atoms with E-state index < -0.39 is 34.9 Å². The van der Waals surface area contributed by atoms with E-state index in [4.69, 9.17) is 0 Å². The molecule has 0 aromatic heterocycles. The summed E-state index contributed by atoms with van der Waals surface area (Å²) in [5, 5.41) is 20.8. The lowest BCUT2D eigenvalue weighted by atomic mass is 10.1. The fourth-order valence-corrected chi connectivity index (χ4v) is 1.54. The van der Waals surface area contributed by atoms with Crippen LogP contribution in [-0.2, 0) is 0 Å². The van der Waals surface area contributed by atoms with Crippen LogP contribution in [0, 0.1) is 17.5 Å². The van der Waals surface area contributed by atoms with Crippen molar-refractivity contribution in [3.8, 4) is 11.5 Å². The molecule has 0 bridgehead atoms. The van der Waals surface area contributed by atoms with E-state index in [-0.39, 0.29) is 11.3 Å². The van der Waals surface area contributed by atoms with Crippen molar-refractivity contribution in [1.29, 1.82) is 0 Å². The number of halogens is 3. The number of benzene rings is 2. The number of rotatable bonds is 2. The Morgan fingerprint density at radius 3 is 2.25 bits per heavy atom. The molecule has 104 valence electrons. The third kappa shape index (κ3) is 2.51. The fraction of sp³-hybridized carbons (Fsp3) is 0. The van der Waals surface area contributed by atoms with Gasteiger partial charge in [-0.1, -0.05) is 6.07 Å². The predicted octanol–water partition coefficient (Wildman–Crippen LogP) is 2.77. The molecule has 0 atom stereocenters. The minimum absolute atomic E-state index is 0.296. The van der Waals surface area contributed by atoms with Gasteiger partial charge < -0.3 is 15.5 Å². The molecular weight excluding hydrogens is 275 g/mol. The molecule has 0 aliphatic carbocycles. The summed E-state index contributed by atoms with van der Waals surface area (Å²) in [7, 11) is 0. The zero-order chi connectivity index (χ0) is 14.9. The Labute approximate surface area is 111 Å². The summed E-state index contributed by atoms with van der Waals surface area (Å²) in [5.74, 6) is -6.67. The van der Waals surface area contributed by atoms with E-state index in [0.29, 0.717) is 12.1 Å². The highest BCUT2D eigenvalue weighted by atomic mass is 19.2. The van der Waals surface area contributed by atoms with Crippen LogP contribution in [0.2, 0.25) is 0 Å². The summed E-state index contributed by atoms with van der Waals surface area (Å²) in [6, 6.07) is 4.84. The number of carbonyl (C=O) groups is 1. The van der Waals surface area contributed by atoms with Gasteiger partial charge in [0, 0.05) is 17.8 Å². The molecular formula is C13H8F3NO3. The van der Waals surface area contributed by atoms with Crippen LogP contribution in [0.4, 0.5) is 18.9 Å². The number of amides is 1. The first-order chi connectivity index (χ1) is 9.40. The molecule has 20 heavy (non-hydrogen) atoms. The van der Waals surface area contributed by atoms with Gasteiger partial charge in [0.1, 0.15) is 0 Å². The number of phenolic OH excluding ortho intramolecular Hbond substituents is 2. The Kier molecular flexibility index (Phi) is 3.51. The maximum absolute atomic E-state index is 13.0. The summed E-state index contributed by atoms with van der Waals surface area (Å²) >= 11 is 0. The van der Waals surface area contributed by atoms with Gasteiger partial charge in [0.2, 0.25) is 0 Å². The van der Waals surface area contributed by atoms with Gasteiger partial charge in [-0.3, -0.25) is 4.79 Å². The first kappa shape index (κ1) is 13.7. The molecule has 0 aliphatic rings. The van der Waals surface area contributed by atoms with Crippen LogP contribution in [0.5, 0.6) is 11.5 Å². The van der Waals surface area contributed by atoms with E-state index in [2.05, 4.69) is 5.32 Å². The Morgan fingerprint density at radius 2 is 1.65 bits per heavy atom. The minimum atomic E-state index is -1.65. The van der Waals surface area contributed by atoms with Crippen LogP contribution in [-0.4, -0.2) is 16.1 Å². The van der Waals surface area contributed by atoms with Gasteiger partial charge >= 0.3 is 0 Å². The highest BCUT2D eigenvalue weighted by molar-refractivity contribution is 6.06. The minimum Gasteiger partial charge on any atom is -0.504 e. The summed E-state index contributed by atoms with van der Waals surface area (Å²) in [5.41, 5.74) is -0.621. The van der Waals surface area contributed by atoms with Crippen molar-refractivity contribution < 1.29 is 28.2 Å². The molecule has 3 N–H and O–H groups in total. The van der Waals surface area contributed by atoms with Crippen LogP contribution < -0.4 is 5.32 Å². The summed E-state index contributed by atoms with van der Waals surface area (Å²) in [6.07, 6.45) is 0. The van der Waals surface area contributed by atoms with E-state index in [9.17, 15) is 28.2 Å². The smallest absolute Gasteiger partial charge is 0.259 e. The predicted molar refractivity (Wildman–Crippen MR) is 64.0 cm³/mol. The number of phenols is 2. The quantitative estimate of drug-likeness (QED) is 0.586. The van der Waals surface area contributed by atoms with Crippen molar-refractivity contribution in [2.45, 2.75) is 0 Å². The summed E-state index contributed by atoms with van der Waals surface area (Å²) in [4.78, 5) is 11.8. The van der Waals surface area contributed by atoms with Crippen LogP contribution in [0.15, 0.2) is 30.3 Å². The van der Waals surface area contributed by atoms with E-state index in [1.807, 2.05) is 0 Å². The lowest BCUT2D eigenvalue weighted by Crippen LogP contribution is -2.12. The zero-order valence-corrected chi connectivity index (χ0v) is 9.82. The fourth-order valence-electron chi connectivity index (χ4n) is 1.54. The number of aromatic hydroxyl groups is 2. The lowest BCUT2D eigenvalue weighted by molar-refractivity contribution is 0.102. The molecule has 0 heterocycles. The Balaban J connectivity index is 2.30. The van der Waals surface area contributed by atoms with Crippen LogP contribution in [0.1, 0.15) is 10.4 Å². The molecule has 1 amide bonds. The van der Waals surface area contributed by atoms with Gasteiger partial charge in [-0.15, -0.1) is 0 Å². The third-order valence-electron chi connectivity index (χ3n) is 2.50. The molecule has 0 saturated heterocycles. The number of anilines is 1. The largest absolute Gasteiger partial charge is 0.504 e. The van der Waals surface area contributed by atoms with E-state index >= 15 is 0 Å². The second-order valence-electron chi connectivity index (χ2n) is 3.88. The normalized spacial score (nSPS) is 10.3. The van der Waals surface area contributed by atoms with Gasteiger partial charge in [-0.2, -0.15) is 0 Å². The first-order valence-electron chi connectivity index (χ1n) is 5.37. The molecule has 2 aromatic carbocycles. The first-order valence-corrected chi connectivity index (χ1v) is 5.37. The highest BCUT2D eigenvalue weighted by Gasteiger charge is 2.16. The molecule has 0 fully saturated rings. The lowest BCUT2D eigenvalue weighted by Gasteiger charge is -2.08. The number of para-hydroxylation sites is 1. The maximum Gasteiger partial charge on any atom is 0.259 e. The van der Waals surface area contributed by atoms with Gasteiger partial charge in [0.05, 0.1) is 5.56 Å². The van der Waals surface area contributed by atoms with Crippen molar-refractivity contribution in [1.82, 2.24) is 0 Å². The summed E-state index contributed by atoms with van der Waals surface area (Å²) < 4.78 is 38.7. The second kappa shape index (κ2) is 5.12. The molecule has 0 spiro atoms. The van der Waals surface area contributed by atoms with Crippen molar-refractivity contribution in [3.05, 3.63) is 53.3 Å². The van der Waals surface area contributed by atoms with E-state index in [0.717, 1.165) is 6.07 Å². The van der Waals surface area contributed by atoms with Gasteiger partial charge in [0.15, 0.2) is 29.0 Å².